The number of rotatable bonds is 7. The molecular formula is C30H42N6O2. The Kier molecular flexibility index (Phi) is 7.91. The zero-order chi connectivity index (χ0) is 26.7. The molecule has 0 saturated carbocycles. The number of ether oxygens (including phenoxy) is 1. The minimum Gasteiger partial charge on any atom is -0.369 e. The topological polar surface area (TPSA) is 65.4 Å². The van der Waals surface area contributed by atoms with Crippen LogP contribution < -0.4 is 10.2 Å². The number of carbonyl (C=O) groups excluding carboxylic acids is 1. The fraction of sp³-hybridized carbons (Fsp3) is 0.533. The molecule has 1 atom stereocenters. The molecule has 8 nitrogen and oxygen atoms in total. The third-order valence-corrected chi connectivity index (χ3v) is 8.10. The van der Waals surface area contributed by atoms with Gasteiger partial charge in [-0.2, -0.15) is 5.10 Å². The molecule has 2 saturated heterocycles. The second-order valence-corrected chi connectivity index (χ2v) is 10.8. The normalized spacial score (nSPS) is 20.9. The van der Waals surface area contributed by atoms with Crippen molar-refractivity contribution in [2.24, 2.45) is 0 Å². The lowest BCUT2D eigenvalue weighted by Gasteiger charge is -2.44. The first-order chi connectivity index (χ1) is 18.4. The highest BCUT2D eigenvalue weighted by Gasteiger charge is 2.38. The van der Waals surface area contributed by atoms with E-state index >= 15 is 0 Å². The van der Waals surface area contributed by atoms with Crippen molar-refractivity contribution in [1.82, 2.24) is 24.7 Å². The molecule has 5 rings (SSSR count). The van der Waals surface area contributed by atoms with E-state index in [1.165, 1.54) is 11.1 Å². The second kappa shape index (κ2) is 11.3. The third-order valence-electron chi connectivity index (χ3n) is 8.10. The van der Waals surface area contributed by atoms with Gasteiger partial charge in [0.2, 0.25) is 0 Å². The Labute approximate surface area is 226 Å². The molecule has 1 N–H and O–H groups in total. The molecule has 38 heavy (non-hydrogen) atoms. The van der Waals surface area contributed by atoms with Crippen LogP contribution in [0.3, 0.4) is 0 Å². The van der Waals surface area contributed by atoms with Crippen molar-refractivity contribution in [3.05, 3.63) is 54.4 Å². The quantitative estimate of drug-likeness (QED) is 0.496. The van der Waals surface area contributed by atoms with Crippen LogP contribution in [-0.4, -0.2) is 83.9 Å². The molecule has 8 heteroatoms. The Morgan fingerprint density at radius 1 is 1.05 bits per heavy atom. The number of likely N-dealkylation sites (tertiary alicyclic amines) is 1. The first-order valence-electron chi connectivity index (χ1n) is 14.2. The molecule has 0 aliphatic carbocycles. The number of fused-ring (bicyclic) bond motifs is 1. The lowest BCUT2D eigenvalue weighted by Crippen LogP contribution is -2.51. The number of anilines is 1. The number of nitrogens with one attached hydrogen (secondary N) is 1. The molecule has 0 bridgehead atoms. The van der Waals surface area contributed by atoms with E-state index in [9.17, 15) is 4.79 Å². The second-order valence-electron chi connectivity index (χ2n) is 10.8. The van der Waals surface area contributed by atoms with Crippen LogP contribution in [0.15, 0.2) is 48.8 Å². The van der Waals surface area contributed by atoms with E-state index in [2.05, 4.69) is 83.6 Å². The van der Waals surface area contributed by atoms with Crippen LogP contribution in [0, 0.1) is 0 Å². The SMILES string of the molecule is CCNC(=O)N1CCN(c2ccnn3cc(-c4ccc([C@@]5(OCC)CCCN(C(C)C)C5)cc4)cc23)CC1. The highest BCUT2D eigenvalue weighted by molar-refractivity contribution is 5.80. The zero-order valence-electron chi connectivity index (χ0n) is 23.3. The van der Waals surface area contributed by atoms with Crippen molar-refractivity contribution >= 4 is 17.2 Å². The van der Waals surface area contributed by atoms with E-state index in [0.717, 1.165) is 55.8 Å². The average Bonchev–Trinajstić information content (AvgIpc) is 3.38. The first kappa shape index (κ1) is 26.5. The van der Waals surface area contributed by atoms with E-state index in [-0.39, 0.29) is 11.6 Å². The molecule has 1 aromatic carbocycles. The summed E-state index contributed by atoms with van der Waals surface area (Å²) in [5.41, 5.74) is 5.59. The molecule has 4 heterocycles. The molecule has 0 unspecified atom stereocenters. The minimum absolute atomic E-state index is 0.0247. The number of amides is 2. The molecule has 0 radical (unpaired) electrons. The van der Waals surface area contributed by atoms with Gasteiger partial charge in [-0.05, 0) is 70.3 Å². The summed E-state index contributed by atoms with van der Waals surface area (Å²) in [6.07, 6.45) is 6.18. The van der Waals surface area contributed by atoms with Crippen molar-refractivity contribution in [3.8, 4) is 11.1 Å². The van der Waals surface area contributed by atoms with Crippen molar-refractivity contribution < 1.29 is 9.53 Å². The Bertz CT molecular complexity index is 1230. The minimum atomic E-state index is -0.244. The predicted octanol–water partition coefficient (Wildman–Crippen LogP) is 4.59. The molecule has 2 aliphatic heterocycles. The van der Waals surface area contributed by atoms with Gasteiger partial charge in [0.1, 0.15) is 5.60 Å². The van der Waals surface area contributed by atoms with Gasteiger partial charge >= 0.3 is 6.03 Å². The monoisotopic (exact) mass is 518 g/mol. The number of benzene rings is 1. The highest BCUT2D eigenvalue weighted by atomic mass is 16.5. The zero-order valence-corrected chi connectivity index (χ0v) is 23.3. The molecular weight excluding hydrogens is 476 g/mol. The van der Waals surface area contributed by atoms with Crippen LogP contribution in [0.1, 0.15) is 46.1 Å². The Morgan fingerprint density at radius 2 is 1.82 bits per heavy atom. The Balaban J connectivity index is 1.36. The molecule has 204 valence electrons. The lowest BCUT2D eigenvalue weighted by atomic mass is 9.84. The average molecular weight is 519 g/mol. The number of hydrogen-bond donors (Lipinski definition) is 1. The maximum atomic E-state index is 12.2. The summed E-state index contributed by atoms with van der Waals surface area (Å²) in [6.45, 7) is 15.1. The number of urea groups is 1. The number of nitrogens with zero attached hydrogens (tertiary/aromatic N) is 5. The molecule has 2 amide bonds. The van der Waals surface area contributed by atoms with Crippen LogP contribution in [0.25, 0.3) is 16.6 Å². The fourth-order valence-electron chi connectivity index (χ4n) is 6.01. The maximum Gasteiger partial charge on any atom is 0.317 e. The van der Waals surface area contributed by atoms with Crippen molar-refractivity contribution in [2.45, 2.75) is 52.2 Å². The summed E-state index contributed by atoms with van der Waals surface area (Å²) in [6, 6.07) is 13.8. The van der Waals surface area contributed by atoms with Crippen LogP contribution in [0.4, 0.5) is 10.5 Å². The first-order valence-corrected chi connectivity index (χ1v) is 14.2. The fourth-order valence-corrected chi connectivity index (χ4v) is 6.01. The Hall–Kier alpha value is -3.10. The van der Waals surface area contributed by atoms with Crippen LogP contribution in [-0.2, 0) is 10.3 Å². The van der Waals surface area contributed by atoms with Gasteiger partial charge in [-0.1, -0.05) is 24.3 Å². The van der Waals surface area contributed by atoms with Gasteiger partial charge in [-0.15, -0.1) is 0 Å². The van der Waals surface area contributed by atoms with E-state index in [1.807, 2.05) is 22.5 Å². The van der Waals surface area contributed by atoms with E-state index in [4.69, 9.17) is 4.74 Å². The molecule has 3 aromatic rings. The molecule has 0 spiro atoms. The van der Waals surface area contributed by atoms with Gasteiger partial charge in [0.05, 0.1) is 11.2 Å². The molecule has 2 aliphatic rings. The summed E-state index contributed by atoms with van der Waals surface area (Å²) < 4.78 is 8.43. The summed E-state index contributed by atoms with van der Waals surface area (Å²) >= 11 is 0. The summed E-state index contributed by atoms with van der Waals surface area (Å²) in [5, 5.41) is 7.50. The van der Waals surface area contributed by atoms with Crippen LogP contribution >= 0.6 is 0 Å². The highest BCUT2D eigenvalue weighted by Crippen LogP contribution is 2.37. The molecule has 2 fully saturated rings. The van der Waals surface area contributed by atoms with Crippen molar-refractivity contribution in [3.63, 3.8) is 0 Å². The summed E-state index contributed by atoms with van der Waals surface area (Å²) in [4.78, 5) is 19.0. The number of piperidine rings is 1. The standard InChI is InChI=1S/C30H42N6O2/c1-5-31-29(37)34-18-16-33(17-19-34)27-12-14-32-36-21-25(20-28(27)36)24-8-10-26(11-9-24)30(38-6-2)13-7-15-35(22-30)23(3)4/h8-12,14,20-21,23H,5-7,13,15-19,22H2,1-4H3,(H,31,37)/t30-/m1/s1. The van der Waals surface area contributed by atoms with Gasteiger partial charge in [0, 0.05) is 69.9 Å². The van der Waals surface area contributed by atoms with Gasteiger partial charge < -0.3 is 19.9 Å². The number of hydrogen-bond acceptors (Lipinski definition) is 5. The molecule has 2 aromatic heterocycles. The number of aromatic nitrogens is 2. The van der Waals surface area contributed by atoms with Crippen molar-refractivity contribution in [1.29, 1.82) is 0 Å². The van der Waals surface area contributed by atoms with E-state index in [1.54, 1.807) is 0 Å². The van der Waals surface area contributed by atoms with Gasteiger partial charge in [-0.3, -0.25) is 4.90 Å². The van der Waals surface area contributed by atoms with Crippen LogP contribution in [0.5, 0.6) is 0 Å². The largest absolute Gasteiger partial charge is 0.369 e. The summed E-state index contributed by atoms with van der Waals surface area (Å²) in [5.74, 6) is 0. The van der Waals surface area contributed by atoms with E-state index < -0.39 is 0 Å². The number of carbonyl (C=O) groups is 1. The van der Waals surface area contributed by atoms with Gasteiger partial charge in [-0.25, -0.2) is 9.31 Å². The summed E-state index contributed by atoms with van der Waals surface area (Å²) in [7, 11) is 0. The predicted molar refractivity (Wildman–Crippen MR) is 153 cm³/mol. The van der Waals surface area contributed by atoms with Crippen molar-refractivity contribution in [2.75, 3.05) is 57.3 Å². The van der Waals surface area contributed by atoms with E-state index in [0.29, 0.717) is 32.3 Å². The van der Waals surface area contributed by atoms with Crippen LogP contribution in [0.2, 0.25) is 0 Å². The van der Waals surface area contributed by atoms with Gasteiger partial charge in [0.15, 0.2) is 0 Å². The Morgan fingerprint density at radius 3 is 2.50 bits per heavy atom. The lowest BCUT2D eigenvalue weighted by molar-refractivity contribution is -0.0971. The number of piperazine rings is 1. The smallest absolute Gasteiger partial charge is 0.317 e. The maximum absolute atomic E-state index is 12.2. The van der Waals surface area contributed by atoms with Gasteiger partial charge in [0.25, 0.3) is 0 Å². The third kappa shape index (κ3) is 5.24.